The number of benzene rings is 2. The summed E-state index contributed by atoms with van der Waals surface area (Å²) in [7, 11) is 0. The smallest absolute Gasteiger partial charge is 0.0455 e. The first-order valence-corrected chi connectivity index (χ1v) is 15.2. The molecule has 0 fully saturated rings. The van der Waals surface area contributed by atoms with Gasteiger partial charge in [0, 0.05) is 18.5 Å². The summed E-state index contributed by atoms with van der Waals surface area (Å²) in [5.74, 6) is 0. The van der Waals surface area contributed by atoms with Gasteiger partial charge in [0.2, 0.25) is 0 Å². The molecule has 2 aromatic rings. The summed E-state index contributed by atoms with van der Waals surface area (Å²) in [6, 6.07) is 4.54. The quantitative estimate of drug-likeness (QED) is 0.155. The zero-order chi connectivity index (χ0) is 24.4. The second-order valence-corrected chi connectivity index (χ2v) is 11.5. The number of hydrogen-bond donors (Lipinski definition) is 2. The molecular weight excluding hydrogens is 630 g/mol. The van der Waals surface area contributed by atoms with Crippen molar-refractivity contribution in [3.8, 4) is 0 Å². The molecule has 2 rings (SSSR count). The Bertz CT molecular complexity index is 832. The fourth-order valence-electron chi connectivity index (χ4n) is 4.76. The monoisotopic (exact) mass is 674 g/mol. The molecule has 0 radical (unpaired) electrons. The van der Waals surface area contributed by atoms with Gasteiger partial charge in [0.15, 0.2) is 0 Å². The third-order valence-electron chi connectivity index (χ3n) is 6.70. The second kappa shape index (κ2) is 14.8. The standard InChI is InChI=1S/C29H44I2N2/c1-5-9-13-22-20(18-26(32)28(30)24(22)15-11-7-3)17-21-19-27(33)29(31)25(16-12-8-4)23(21)14-10-6-2/h18-19H,5-17,32-33H2,1-4H3. The van der Waals surface area contributed by atoms with E-state index in [9.17, 15) is 0 Å². The Morgan fingerprint density at radius 3 is 1.15 bits per heavy atom. The molecule has 0 spiro atoms. The molecule has 0 heterocycles. The molecule has 4 heteroatoms. The zero-order valence-electron chi connectivity index (χ0n) is 21.3. The predicted molar refractivity (Wildman–Crippen MR) is 164 cm³/mol. The van der Waals surface area contributed by atoms with Crippen LogP contribution in [0.25, 0.3) is 0 Å². The molecule has 33 heavy (non-hydrogen) atoms. The maximum atomic E-state index is 6.58. The summed E-state index contributed by atoms with van der Waals surface area (Å²) in [6.45, 7) is 9.13. The van der Waals surface area contributed by atoms with Gasteiger partial charge in [0.25, 0.3) is 0 Å². The van der Waals surface area contributed by atoms with Gasteiger partial charge < -0.3 is 11.5 Å². The topological polar surface area (TPSA) is 52.0 Å². The molecule has 2 aromatic carbocycles. The molecule has 0 saturated carbocycles. The van der Waals surface area contributed by atoms with Crippen molar-refractivity contribution in [1.29, 1.82) is 0 Å². The highest BCUT2D eigenvalue weighted by molar-refractivity contribution is 14.1. The number of rotatable bonds is 14. The Kier molecular flexibility index (Phi) is 12.9. The lowest BCUT2D eigenvalue weighted by atomic mass is 9.86. The molecule has 0 amide bonds. The molecule has 0 bridgehead atoms. The molecule has 0 saturated heterocycles. The second-order valence-electron chi connectivity index (χ2n) is 9.38. The van der Waals surface area contributed by atoms with Gasteiger partial charge in [-0.25, -0.2) is 0 Å². The average Bonchev–Trinajstić information content (AvgIpc) is 2.80. The number of unbranched alkanes of at least 4 members (excludes halogenated alkanes) is 4. The Morgan fingerprint density at radius 2 is 0.848 bits per heavy atom. The lowest BCUT2D eigenvalue weighted by Gasteiger charge is -2.22. The first-order chi connectivity index (χ1) is 15.9. The third kappa shape index (κ3) is 7.74. The normalized spacial score (nSPS) is 11.3. The molecule has 0 atom stereocenters. The largest absolute Gasteiger partial charge is 0.398 e. The van der Waals surface area contributed by atoms with E-state index in [-0.39, 0.29) is 0 Å². The molecule has 0 aromatic heterocycles. The third-order valence-corrected chi connectivity index (χ3v) is 9.25. The van der Waals surface area contributed by atoms with Gasteiger partial charge in [-0.3, -0.25) is 0 Å². The van der Waals surface area contributed by atoms with Crippen LogP contribution in [0.4, 0.5) is 11.4 Å². The van der Waals surface area contributed by atoms with Gasteiger partial charge in [-0.2, -0.15) is 0 Å². The Balaban J connectivity index is 2.64. The van der Waals surface area contributed by atoms with E-state index in [1.807, 2.05) is 0 Å². The molecule has 4 N–H and O–H groups in total. The van der Waals surface area contributed by atoms with Gasteiger partial charge in [0.1, 0.15) is 0 Å². The molecule has 0 aliphatic rings. The minimum Gasteiger partial charge on any atom is -0.398 e. The van der Waals surface area contributed by atoms with E-state index in [0.29, 0.717) is 0 Å². The van der Waals surface area contributed by atoms with E-state index in [2.05, 4.69) is 85.0 Å². The Morgan fingerprint density at radius 1 is 0.545 bits per heavy atom. The number of nitrogens with two attached hydrogens (primary N) is 2. The average molecular weight is 674 g/mol. The predicted octanol–water partition coefficient (Wildman–Crippen LogP) is 9.02. The van der Waals surface area contributed by atoms with Gasteiger partial charge in [0.05, 0.1) is 0 Å². The highest BCUT2D eigenvalue weighted by atomic mass is 127. The summed E-state index contributed by atoms with van der Waals surface area (Å²) >= 11 is 4.96. The number of nitrogen functional groups attached to an aromatic ring is 2. The van der Waals surface area contributed by atoms with Crippen LogP contribution in [0.3, 0.4) is 0 Å². The van der Waals surface area contributed by atoms with Crippen molar-refractivity contribution >= 4 is 56.6 Å². The highest BCUT2D eigenvalue weighted by Gasteiger charge is 2.19. The van der Waals surface area contributed by atoms with Crippen LogP contribution in [0.5, 0.6) is 0 Å². The fraction of sp³-hybridized carbons (Fsp3) is 0.586. The van der Waals surface area contributed by atoms with Gasteiger partial charge >= 0.3 is 0 Å². The summed E-state index contributed by atoms with van der Waals surface area (Å²) in [6.07, 6.45) is 15.2. The van der Waals surface area contributed by atoms with Crippen LogP contribution in [0.1, 0.15) is 112 Å². The first kappa shape index (κ1) is 28.7. The van der Waals surface area contributed by atoms with E-state index in [0.717, 1.165) is 43.5 Å². The van der Waals surface area contributed by atoms with E-state index in [1.165, 1.54) is 80.8 Å². The maximum Gasteiger partial charge on any atom is 0.0455 e. The van der Waals surface area contributed by atoms with Crippen molar-refractivity contribution < 1.29 is 0 Å². The van der Waals surface area contributed by atoms with Crippen LogP contribution in [-0.4, -0.2) is 0 Å². The Labute approximate surface area is 230 Å². The van der Waals surface area contributed by atoms with Crippen molar-refractivity contribution in [1.82, 2.24) is 0 Å². The maximum absolute atomic E-state index is 6.58. The lowest BCUT2D eigenvalue weighted by Crippen LogP contribution is -2.11. The van der Waals surface area contributed by atoms with Crippen LogP contribution >= 0.6 is 45.2 Å². The zero-order valence-corrected chi connectivity index (χ0v) is 25.6. The van der Waals surface area contributed by atoms with Gasteiger partial charge in [-0.1, -0.05) is 53.4 Å². The molecule has 0 aliphatic heterocycles. The SMILES string of the molecule is CCCCc1c(Cc2cc(N)c(I)c(CCCC)c2CCCC)cc(N)c(I)c1CCCC. The summed E-state index contributed by atoms with van der Waals surface area (Å²) in [4.78, 5) is 0. The van der Waals surface area contributed by atoms with E-state index in [4.69, 9.17) is 11.5 Å². The van der Waals surface area contributed by atoms with Crippen LogP contribution in [-0.2, 0) is 32.1 Å². The van der Waals surface area contributed by atoms with Crippen molar-refractivity contribution in [3.63, 3.8) is 0 Å². The number of hydrogen-bond acceptors (Lipinski definition) is 2. The Hall–Kier alpha value is -0.500. The molecule has 2 nitrogen and oxygen atoms in total. The number of anilines is 2. The van der Waals surface area contributed by atoms with Crippen LogP contribution in [0.2, 0.25) is 0 Å². The van der Waals surface area contributed by atoms with Gasteiger partial charge in [-0.05, 0) is 148 Å². The molecule has 184 valence electrons. The van der Waals surface area contributed by atoms with Crippen LogP contribution in [0, 0.1) is 7.14 Å². The number of halogens is 2. The fourth-order valence-corrected chi connectivity index (χ4v) is 6.26. The molecule has 0 aliphatic carbocycles. The van der Waals surface area contributed by atoms with Crippen molar-refractivity contribution in [2.75, 3.05) is 11.5 Å². The summed E-state index contributed by atoms with van der Waals surface area (Å²) in [5.41, 5.74) is 24.0. The van der Waals surface area contributed by atoms with E-state index in [1.54, 1.807) is 11.1 Å². The highest BCUT2D eigenvalue weighted by Crippen LogP contribution is 2.35. The minimum atomic E-state index is 0.941. The van der Waals surface area contributed by atoms with Crippen LogP contribution in [0.15, 0.2) is 12.1 Å². The summed E-state index contributed by atoms with van der Waals surface area (Å²) in [5, 5.41) is 0. The lowest BCUT2D eigenvalue weighted by molar-refractivity contribution is 0.743. The summed E-state index contributed by atoms with van der Waals surface area (Å²) < 4.78 is 2.54. The molecule has 0 unspecified atom stereocenters. The van der Waals surface area contributed by atoms with Crippen molar-refractivity contribution in [2.24, 2.45) is 0 Å². The molecular formula is C29H44I2N2. The first-order valence-electron chi connectivity index (χ1n) is 13.1. The van der Waals surface area contributed by atoms with Crippen molar-refractivity contribution in [2.45, 2.75) is 111 Å². The van der Waals surface area contributed by atoms with Crippen LogP contribution < -0.4 is 11.5 Å². The van der Waals surface area contributed by atoms with E-state index >= 15 is 0 Å². The van der Waals surface area contributed by atoms with Gasteiger partial charge in [-0.15, -0.1) is 0 Å². The van der Waals surface area contributed by atoms with Crippen molar-refractivity contribution in [3.05, 3.63) is 52.7 Å². The van der Waals surface area contributed by atoms with E-state index < -0.39 is 0 Å². The minimum absolute atomic E-state index is 0.941.